The maximum absolute atomic E-state index is 12.1. The third-order valence-corrected chi connectivity index (χ3v) is 1.55. The molecule has 0 aromatic heterocycles. The summed E-state index contributed by atoms with van der Waals surface area (Å²) >= 11 is 2.59. The molecule has 1 N–H and O–H groups in total. The minimum absolute atomic E-state index is 0.319. The number of hydrogen-bond acceptors (Lipinski definition) is 1. The van der Waals surface area contributed by atoms with Gasteiger partial charge < -0.3 is 5.32 Å². The van der Waals surface area contributed by atoms with Gasteiger partial charge in [0.25, 0.3) is 0 Å². The van der Waals surface area contributed by atoms with Crippen molar-refractivity contribution in [1.82, 2.24) is 5.32 Å². The molecule has 0 heterocycles. The van der Waals surface area contributed by atoms with Gasteiger partial charge in [-0.3, -0.25) is 4.79 Å². The summed E-state index contributed by atoms with van der Waals surface area (Å²) in [7, 11) is 0. The first-order valence-electron chi connectivity index (χ1n) is 2.98. The zero-order valence-corrected chi connectivity index (χ0v) is 7.68. The van der Waals surface area contributed by atoms with Gasteiger partial charge in [0.2, 0.25) is 5.91 Å². The summed E-state index contributed by atoms with van der Waals surface area (Å²) < 4.78 is 58.6. The molecule has 0 spiro atoms. The van der Waals surface area contributed by atoms with E-state index in [2.05, 4.69) is 15.9 Å². The number of amides is 1. The summed E-state index contributed by atoms with van der Waals surface area (Å²) in [5, 5.41) is 1.10. The predicted octanol–water partition coefficient (Wildman–Crippen LogP) is 1.70. The summed E-state index contributed by atoms with van der Waals surface area (Å²) in [4.78, 5) is 10.3. The molecule has 0 bridgehead atoms. The smallest absolute Gasteiger partial charge is 0.349 e. The predicted molar refractivity (Wildman–Crippen MR) is 37.8 cm³/mol. The van der Waals surface area contributed by atoms with E-state index in [0.717, 1.165) is 0 Å². The molecule has 0 unspecified atom stereocenters. The van der Waals surface area contributed by atoms with Crippen molar-refractivity contribution in [1.29, 1.82) is 0 Å². The lowest BCUT2D eigenvalue weighted by atomic mass is 10.3. The first-order chi connectivity index (χ1) is 5.70. The zero-order valence-electron chi connectivity index (χ0n) is 6.09. The van der Waals surface area contributed by atoms with Crippen LogP contribution in [-0.2, 0) is 4.79 Å². The fourth-order valence-electron chi connectivity index (χ4n) is 0.357. The molecule has 0 saturated heterocycles. The van der Waals surface area contributed by atoms with Crippen LogP contribution >= 0.6 is 15.9 Å². The van der Waals surface area contributed by atoms with Crippen LogP contribution in [0.15, 0.2) is 0 Å². The Morgan fingerprint density at radius 2 is 1.69 bits per heavy atom. The second-order valence-electron chi connectivity index (χ2n) is 2.11. The lowest BCUT2D eigenvalue weighted by molar-refractivity contribution is -0.278. The number of rotatable bonds is 3. The second-order valence-corrected chi connectivity index (χ2v) is 2.67. The van der Waals surface area contributed by atoms with Gasteiger partial charge in [0.1, 0.15) is 0 Å². The Hall–Kier alpha value is -0.400. The minimum atomic E-state index is -5.63. The van der Waals surface area contributed by atoms with Crippen molar-refractivity contribution in [3.05, 3.63) is 0 Å². The molecule has 78 valence electrons. The van der Waals surface area contributed by atoms with Gasteiger partial charge in [-0.15, -0.1) is 0 Å². The van der Waals surface area contributed by atoms with E-state index in [1.165, 1.54) is 5.32 Å². The Kier molecular flexibility index (Phi) is 4.08. The van der Waals surface area contributed by atoms with Crippen LogP contribution in [0, 0.1) is 0 Å². The maximum Gasteiger partial charge on any atom is 0.455 e. The SMILES string of the molecule is O=C(CBr)NCC(F)(F)C(F)(F)F. The lowest BCUT2D eigenvalue weighted by Gasteiger charge is -2.19. The highest BCUT2D eigenvalue weighted by atomic mass is 79.9. The van der Waals surface area contributed by atoms with Gasteiger partial charge in [0.05, 0.1) is 11.9 Å². The molecule has 0 aliphatic rings. The monoisotopic (exact) mass is 269 g/mol. The fourth-order valence-corrected chi connectivity index (χ4v) is 0.555. The summed E-state index contributed by atoms with van der Waals surface area (Å²) in [5.41, 5.74) is 0. The van der Waals surface area contributed by atoms with Crippen LogP contribution in [0.3, 0.4) is 0 Å². The number of carbonyl (C=O) groups is 1. The Labute approximate surface area is 78.6 Å². The second kappa shape index (κ2) is 4.21. The van der Waals surface area contributed by atoms with Crippen LogP contribution in [0.5, 0.6) is 0 Å². The van der Waals surface area contributed by atoms with E-state index < -0.39 is 24.6 Å². The highest BCUT2D eigenvalue weighted by Crippen LogP contribution is 2.34. The largest absolute Gasteiger partial charge is 0.455 e. The molecule has 0 atom stereocenters. The number of halogens is 6. The third-order valence-electron chi connectivity index (χ3n) is 1.04. The molecule has 0 aliphatic heterocycles. The first-order valence-corrected chi connectivity index (χ1v) is 4.10. The van der Waals surface area contributed by atoms with Gasteiger partial charge in [-0.05, 0) is 0 Å². The van der Waals surface area contributed by atoms with E-state index in [1.807, 2.05) is 0 Å². The van der Waals surface area contributed by atoms with Crippen LogP contribution < -0.4 is 5.32 Å². The Bertz CT molecular complexity index is 192. The van der Waals surface area contributed by atoms with Crippen molar-refractivity contribution in [2.45, 2.75) is 12.1 Å². The van der Waals surface area contributed by atoms with E-state index in [1.54, 1.807) is 0 Å². The molecule has 13 heavy (non-hydrogen) atoms. The molecule has 0 rings (SSSR count). The zero-order chi connectivity index (χ0) is 10.7. The molecule has 0 aromatic rings. The van der Waals surface area contributed by atoms with Gasteiger partial charge in [-0.25, -0.2) is 0 Å². The highest BCUT2D eigenvalue weighted by molar-refractivity contribution is 9.09. The Morgan fingerprint density at radius 1 is 1.23 bits per heavy atom. The summed E-state index contributed by atoms with van der Waals surface area (Å²) in [5.74, 6) is -5.81. The quantitative estimate of drug-likeness (QED) is 0.613. The van der Waals surface area contributed by atoms with Crippen molar-refractivity contribution < 1.29 is 26.7 Å². The number of hydrogen-bond donors (Lipinski definition) is 1. The molecule has 0 fully saturated rings. The summed E-state index contributed by atoms with van der Waals surface area (Å²) in [6.45, 7) is -1.74. The molecule has 0 saturated carbocycles. The molecular weight excluding hydrogens is 265 g/mol. The van der Waals surface area contributed by atoms with E-state index in [9.17, 15) is 26.7 Å². The average Bonchev–Trinajstić information content (AvgIpc) is 1.98. The number of nitrogens with one attached hydrogen (secondary N) is 1. The Morgan fingerprint density at radius 3 is 2.00 bits per heavy atom. The van der Waals surface area contributed by atoms with E-state index in [-0.39, 0.29) is 5.33 Å². The fraction of sp³-hybridized carbons (Fsp3) is 0.800. The first kappa shape index (κ1) is 12.6. The average molecular weight is 270 g/mol. The van der Waals surface area contributed by atoms with Crippen molar-refractivity contribution in [3.63, 3.8) is 0 Å². The molecule has 0 radical (unpaired) electrons. The van der Waals surface area contributed by atoms with Gasteiger partial charge in [0, 0.05) is 0 Å². The van der Waals surface area contributed by atoms with Crippen LogP contribution in [-0.4, -0.2) is 29.9 Å². The van der Waals surface area contributed by atoms with Gasteiger partial charge in [-0.1, -0.05) is 15.9 Å². The molecule has 2 nitrogen and oxygen atoms in total. The molecular formula is C5H5BrF5NO. The van der Waals surface area contributed by atoms with Gasteiger partial charge in [-0.2, -0.15) is 22.0 Å². The number of carbonyl (C=O) groups excluding carboxylic acids is 1. The van der Waals surface area contributed by atoms with Gasteiger partial charge >= 0.3 is 12.1 Å². The molecule has 8 heteroatoms. The molecule has 0 aromatic carbocycles. The van der Waals surface area contributed by atoms with Crippen LogP contribution in [0.2, 0.25) is 0 Å². The summed E-state index contributed by atoms with van der Waals surface area (Å²) in [6.07, 6.45) is -5.63. The number of alkyl halides is 6. The normalized spacial score (nSPS) is 12.8. The van der Waals surface area contributed by atoms with Crippen molar-refractivity contribution in [2.75, 3.05) is 11.9 Å². The molecule has 0 aliphatic carbocycles. The van der Waals surface area contributed by atoms with Gasteiger partial charge in [0.15, 0.2) is 0 Å². The maximum atomic E-state index is 12.1. The van der Waals surface area contributed by atoms with Crippen LogP contribution in [0.25, 0.3) is 0 Å². The third kappa shape index (κ3) is 3.88. The molecule has 1 amide bonds. The van der Waals surface area contributed by atoms with E-state index in [4.69, 9.17) is 0 Å². The van der Waals surface area contributed by atoms with Crippen molar-refractivity contribution in [2.24, 2.45) is 0 Å². The van der Waals surface area contributed by atoms with E-state index >= 15 is 0 Å². The highest BCUT2D eigenvalue weighted by Gasteiger charge is 2.57. The lowest BCUT2D eigenvalue weighted by Crippen LogP contribution is -2.47. The topological polar surface area (TPSA) is 29.1 Å². The van der Waals surface area contributed by atoms with Crippen LogP contribution in [0.4, 0.5) is 22.0 Å². The standard InChI is InChI=1S/C5H5BrF5NO/c6-1-3(13)12-2-4(7,8)5(9,10)11/h1-2H2,(H,12,13). The van der Waals surface area contributed by atoms with Crippen LogP contribution in [0.1, 0.15) is 0 Å². The van der Waals surface area contributed by atoms with Crippen molar-refractivity contribution in [3.8, 4) is 0 Å². The Balaban J connectivity index is 4.12. The van der Waals surface area contributed by atoms with Crippen molar-refractivity contribution >= 4 is 21.8 Å². The van der Waals surface area contributed by atoms with E-state index in [0.29, 0.717) is 0 Å². The summed E-state index contributed by atoms with van der Waals surface area (Å²) in [6, 6.07) is 0. The minimum Gasteiger partial charge on any atom is -0.349 e.